The van der Waals surface area contributed by atoms with Crippen LogP contribution in [0.4, 0.5) is 0 Å². The Balaban J connectivity index is 1.96. The topological polar surface area (TPSA) is 63.0 Å². The minimum Gasteiger partial charge on any atom is -0.289 e. The first kappa shape index (κ1) is 14.4. The first-order valence-electron chi connectivity index (χ1n) is 7.73. The van der Waals surface area contributed by atoms with Gasteiger partial charge < -0.3 is 0 Å². The van der Waals surface area contributed by atoms with Crippen LogP contribution in [0.2, 0.25) is 0 Å². The first-order valence-corrected chi connectivity index (χ1v) is 7.73. The SMILES string of the molecule is Cc1cccc(-c2[nH]n3c(=O)cc(-c4cccnc4)nc3c2C)c1. The van der Waals surface area contributed by atoms with Gasteiger partial charge in [-0.3, -0.25) is 14.9 Å². The van der Waals surface area contributed by atoms with Gasteiger partial charge in [0, 0.05) is 35.2 Å². The Morgan fingerprint density at radius 2 is 1.88 bits per heavy atom. The Morgan fingerprint density at radius 3 is 2.62 bits per heavy atom. The fourth-order valence-corrected chi connectivity index (χ4v) is 2.89. The van der Waals surface area contributed by atoms with Crippen LogP contribution in [0.25, 0.3) is 28.2 Å². The lowest BCUT2D eigenvalue weighted by molar-refractivity contribution is 0.904. The van der Waals surface area contributed by atoms with Crippen LogP contribution < -0.4 is 5.56 Å². The number of H-pyrrole nitrogens is 1. The molecule has 5 nitrogen and oxygen atoms in total. The number of nitrogens with one attached hydrogen (secondary N) is 1. The highest BCUT2D eigenvalue weighted by atomic mass is 16.1. The lowest BCUT2D eigenvalue weighted by Gasteiger charge is -2.01. The summed E-state index contributed by atoms with van der Waals surface area (Å²) < 4.78 is 1.49. The normalized spacial score (nSPS) is 11.1. The molecule has 0 radical (unpaired) electrons. The molecule has 0 fully saturated rings. The number of aromatic nitrogens is 4. The van der Waals surface area contributed by atoms with Crippen LogP contribution in [-0.2, 0) is 0 Å². The molecular formula is C19H16N4O. The van der Waals surface area contributed by atoms with Crippen LogP contribution in [0.1, 0.15) is 11.1 Å². The first-order chi connectivity index (χ1) is 11.6. The van der Waals surface area contributed by atoms with E-state index in [2.05, 4.69) is 21.1 Å². The van der Waals surface area contributed by atoms with Crippen molar-refractivity contribution in [3.63, 3.8) is 0 Å². The highest BCUT2D eigenvalue weighted by Gasteiger charge is 2.14. The Kier molecular flexibility index (Phi) is 3.27. The molecule has 1 aromatic carbocycles. The van der Waals surface area contributed by atoms with Gasteiger partial charge in [0.15, 0.2) is 5.65 Å². The summed E-state index contributed by atoms with van der Waals surface area (Å²) in [6, 6.07) is 13.4. The fraction of sp³-hybridized carbons (Fsp3) is 0.105. The second-order valence-electron chi connectivity index (χ2n) is 5.86. The van der Waals surface area contributed by atoms with Crippen molar-refractivity contribution in [2.45, 2.75) is 13.8 Å². The van der Waals surface area contributed by atoms with E-state index in [4.69, 9.17) is 0 Å². The number of fused-ring (bicyclic) bond motifs is 1. The molecule has 5 heteroatoms. The van der Waals surface area contributed by atoms with E-state index >= 15 is 0 Å². The van der Waals surface area contributed by atoms with E-state index in [9.17, 15) is 4.79 Å². The van der Waals surface area contributed by atoms with Crippen molar-refractivity contribution in [3.8, 4) is 22.5 Å². The second kappa shape index (κ2) is 5.45. The van der Waals surface area contributed by atoms with Gasteiger partial charge in [-0.1, -0.05) is 23.8 Å². The van der Waals surface area contributed by atoms with Crippen LogP contribution in [0, 0.1) is 13.8 Å². The minimum atomic E-state index is -0.138. The quantitative estimate of drug-likeness (QED) is 0.617. The van der Waals surface area contributed by atoms with Gasteiger partial charge in [-0.2, -0.15) is 0 Å². The summed E-state index contributed by atoms with van der Waals surface area (Å²) in [5.41, 5.74) is 6.02. The van der Waals surface area contributed by atoms with E-state index < -0.39 is 0 Å². The molecule has 0 saturated heterocycles. The highest BCUT2D eigenvalue weighted by Crippen LogP contribution is 2.25. The third-order valence-electron chi connectivity index (χ3n) is 4.12. The van der Waals surface area contributed by atoms with Gasteiger partial charge in [-0.25, -0.2) is 9.50 Å². The molecule has 0 saturated carbocycles. The molecule has 0 aliphatic carbocycles. The van der Waals surface area contributed by atoms with Crippen molar-refractivity contribution in [3.05, 3.63) is 76.3 Å². The molecule has 0 bridgehead atoms. The molecule has 118 valence electrons. The Morgan fingerprint density at radius 1 is 1.04 bits per heavy atom. The molecular weight excluding hydrogens is 300 g/mol. The maximum absolute atomic E-state index is 12.5. The van der Waals surface area contributed by atoms with E-state index in [0.29, 0.717) is 11.3 Å². The summed E-state index contributed by atoms with van der Waals surface area (Å²) in [6.45, 7) is 4.02. The second-order valence-corrected chi connectivity index (χ2v) is 5.86. The third kappa shape index (κ3) is 2.31. The van der Waals surface area contributed by atoms with Gasteiger partial charge in [0.25, 0.3) is 5.56 Å². The molecule has 4 rings (SSSR count). The van der Waals surface area contributed by atoms with Crippen molar-refractivity contribution >= 4 is 5.65 Å². The largest absolute Gasteiger partial charge is 0.289 e. The van der Waals surface area contributed by atoms with Crippen LogP contribution >= 0.6 is 0 Å². The van der Waals surface area contributed by atoms with Gasteiger partial charge in [0.2, 0.25) is 0 Å². The summed E-state index contributed by atoms with van der Waals surface area (Å²) in [4.78, 5) is 21.3. The Bertz CT molecular complexity index is 1090. The van der Waals surface area contributed by atoms with Crippen LogP contribution in [-0.4, -0.2) is 19.6 Å². The molecule has 0 spiro atoms. The van der Waals surface area contributed by atoms with Gasteiger partial charge in [0.05, 0.1) is 11.4 Å². The van der Waals surface area contributed by atoms with E-state index in [1.54, 1.807) is 12.4 Å². The zero-order chi connectivity index (χ0) is 16.7. The monoisotopic (exact) mass is 316 g/mol. The number of hydrogen-bond acceptors (Lipinski definition) is 3. The van der Waals surface area contributed by atoms with E-state index in [-0.39, 0.29) is 5.56 Å². The predicted octanol–water partition coefficient (Wildman–Crippen LogP) is 3.37. The smallest absolute Gasteiger partial charge is 0.273 e. The van der Waals surface area contributed by atoms with Crippen molar-refractivity contribution < 1.29 is 0 Å². The van der Waals surface area contributed by atoms with E-state index in [1.807, 2.05) is 44.2 Å². The van der Waals surface area contributed by atoms with Crippen LogP contribution in [0.5, 0.6) is 0 Å². The molecule has 0 amide bonds. The number of benzene rings is 1. The zero-order valence-corrected chi connectivity index (χ0v) is 13.4. The number of pyridine rings is 1. The van der Waals surface area contributed by atoms with Gasteiger partial charge in [0.1, 0.15) is 0 Å². The average Bonchev–Trinajstić information content (AvgIpc) is 2.93. The van der Waals surface area contributed by atoms with Crippen LogP contribution in [0.15, 0.2) is 59.7 Å². The lowest BCUT2D eigenvalue weighted by atomic mass is 10.1. The average molecular weight is 316 g/mol. The van der Waals surface area contributed by atoms with Gasteiger partial charge in [-0.05, 0) is 32.0 Å². The number of hydrogen-bond donors (Lipinski definition) is 1. The molecule has 0 aliphatic heterocycles. The molecule has 1 N–H and O–H groups in total. The highest BCUT2D eigenvalue weighted by molar-refractivity contribution is 5.72. The van der Waals surface area contributed by atoms with Crippen molar-refractivity contribution in [1.29, 1.82) is 0 Å². The Hall–Kier alpha value is -3.21. The maximum Gasteiger partial charge on any atom is 0.273 e. The van der Waals surface area contributed by atoms with Gasteiger partial charge in [-0.15, -0.1) is 0 Å². The Labute approximate surface area is 138 Å². The molecule has 0 atom stereocenters. The molecule has 3 aromatic heterocycles. The molecule has 0 unspecified atom stereocenters. The number of aryl methyl sites for hydroxylation is 2. The molecule has 3 heterocycles. The summed E-state index contributed by atoms with van der Waals surface area (Å²) in [5.74, 6) is 0. The third-order valence-corrected chi connectivity index (χ3v) is 4.12. The summed E-state index contributed by atoms with van der Waals surface area (Å²) in [7, 11) is 0. The predicted molar refractivity (Wildman–Crippen MR) is 94.0 cm³/mol. The standard InChI is InChI=1S/C19H16N4O/c1-12-5-3-6-14(9-12)18-13(2)19-21-16(10-17(24)23(19)22-18)15-7-4-8-20-11-15/h3-11,22H,1-2H3. The van der Waals surface area contributed by atoms with E-state index in [0.717, 1.165) is 22.4 Å². The van der Waals surface area contributed by atoms with Crippen molar-refractivity contribution in [2.75, 3.05) is 0 Å². The molecule has 0 aliphatic rings. The van der Waals surface area contributed by atoms with Crippen molar-refractivity contribution in [1.82, 2.24) is 19.6 Å². The maximum atomic E-state index is 12.5. The minimum absolute atomic E-state index is 0.138. The zero-order valence-electron chi connectivity index (χ0n) is 13.4. The van der Waals surface area contributed by atoms with Crippen LogP contribution in [0.3, 0.4) is 0 Å². The fourth-order valence-electron chi connectivity index (χ4n) is 2.89. The molecule has 4 aromatic rings. The number of nitrogens with zero attached hydrogens (tertiary/aromatic N) is 3. The van der Waals surface area contributed by atoms with E-state index in [1.165, 1.54) is 16.1 Å². The molecule has 24 heavy (non-hydrogen) atoms. The lowest BCUT2D eigenvalue weighted by Crippen LogP contribution is -2.14. The number of rotatable bonds is 2. The number of aromatic amines is 1. The summed E-state index contributed by atoms with van der Waals surface area (Å²) in [6.07, 6.45) is 3.41. The van der Waals surface area contributed by atoms with Gasteiger partial charge >= 0.3 is 0 Å². The summed E-state index contributed by atoms with van der Waals surface area (Å²) in [5, 5.41) is 3.18. The summed E-state index contributed by atoms with van der Waals surface area (Å²) >= 11 is 0. The van der Waals surface area contributed by atoms with Crippen molar-refractivity contribution in [2.24, 2.45) is 0 Å².